The minimum atomic E-state index is -0.0569. The van der Waals surface area contributed by atoms with E-state index in [1.165, 1.54) is 16.9 Å². The van der Waals surface area contributed by atoms with Gasteiger partial charge in [-0.3, -0.25) is 4.79 Å². The largest absolute Gasteiger partial charge is 0.316 e. The standard InChI is InChI=1S/C25H23ClN2OS/c1-15(2)11-16-3-5-18(6-4-16)23-14-30-25(22(23)13-27)28-24(29)21-12-20(21)17-7-9-19(26)10-8-17/h3-10,14-15,20-21H,11-12H2,1-2H3,(H,28,29). The zero-order chi connectivity index (χ0) is 21.3. The molecule has 3 aromatic rings. The third-order valence-electron chi connectivity index (χ3n) is 5.47. The van der Waals surface area contributed by atoms with Crippen LogP contribution in [0.4, 0.5) is 5.00 Å². The molecule has 2 aromatic carbocycles. The molecule has 4 rings (SSSR count). The minimum Gasteiger partial charge on any atom is -0.316 e. The number of hydrogen-bond donors (Lipinski definition) is 1. The minimum absolute atomic E-state index is 0.0212. The van der Waals surface area contributed by atoms with Gasteiger partial charge in [0.25, 0.3) is 0 Å². The van der Waals surface area contributed by atoms with E-state index in [2.05, 4.69) is 49.5 Å². The average Bonchev–Trinajstić information content (AvgIpc) is 3.43. The van der Waals surface area contributed by atoms with Crippen molar-refractivity contribution in [1.82, 2.24) is 0 Å². The van der Waals surface area contributed by atoms with E-state index in [1.54, 1.807) is 0 Å². The number of thiophene rings is 1. The first kappa shape index (κ1) is 20.7. The molecule has 0 radical (unpaired) electrons. The number of halogens is 1. The summed E-state index contributed by atoms with van der Waals surface area (Å²) in [4.78, 5) is 12.7. The number of hydrogen-bond acceptors (Lipinski definition) is 3. The summed E-state index contributed by atoms with van der Waals surface area (Å²) in [5.74, 6) is 0.749. The van der Waals surface area contributed by atoms with E-state index in [0.717, 1.165) is 29.5 Å². The van der Waals surface area contributed by atoms with Crippen molar-refractivity contribution < 1.29 is 4.79 Å². The molecule has 1 aliphatic rings. The Bertz CT molecular complexity index is 1090. The number of nitrogens with zero attached hydrogens (tertiary/aromatic N) is 1. The molecule has 152 valence electrons. The van der Waals surface area contributed by atoms with Gasteiger partial charge in [-0.15, -0.1) is 11.3 Å². The highest BCUT2D eigenvalue weighted by Gasteiger charge is 2.44. The highest BCUT2D eigenvalue weighted by Crippen LogP contribution is 2.48. The normalized spacial score (nSPS) is 17.6. The van der Waals surface area contributed by atoms with Crippen molar-refractivity contribution in [3.05, 3.63) is 75.6 Å². The van der Waals surface area contributed by atoms with Crippen molar-refractivity contribution in [2.45, 2.75) is 32.6 Å². The third kappa shape index (κ3) is 4.43. The van der Waals surface area contributed by atoms with Crippen LogP contribution in [0.15, 0.2) is 53.9 Å². The zero-order valence-corrected chi connectivity index (χ0v) is 18.6. The highest BCUT2D eigenvalue weighted by molar-refractivity contribution is 7.15. The summed E-state index contributed by atoms with van der Waals surface area (Å²) in [6, 6.07) is 18.3. The number of rotatable bonds is 6. The van der Waals surface area contributed by atoms with E-state index in [0.29, 0.717) is 21.5 Å². The van der Waals surface area contributed by atoms with Crippen molar-refractivity contribution in [2.24, 2.45) is 11.8 Å². The molecule has 2 unspecified atom stereocenters. The number of carbonyl (C=O) groups is 1. The van der Waals surface area contributed by atoms with Crippen LogP contribution in [0.5, 0.6) is 0 Å². The molecule has 1 aromatic heterocycles. The fraction of sp³-hybridized carbons (Fsp3) is 0.280. The van der Waals surface area contributed by atoms with Gasteiger partial charge >= 0.3 is 0 Å². The fourth-order valence-electron chi connectivity index (χ4n) is 3.83. The summed E-state index contributed by atoms with van der Waals surface area (Å²) in [7, 11) is 0. The van der Waals surface area contributed by atoms with Crippen LogP contribution in [0, 0.1) is 23.2 Å². The summed E-state index contributed by atoms with van der Waals surface area (Å²) in [5.41, 5.74) is 4.83. The van der Waals surface area contributed by atoms with Gasteiger partial charge in [-0.05, 0) is 53.5 Å². The predicted molar refractivity (Wildman–Crippen MR) is 124 cm³/mol. The van der Waals surface area contributed by atoms with Gasteiger partial charge in [0, 0.05) is 21.9 Å². The van der Waals surface area contributed by atoms with Crippen LogP contribution < -0.4 is 5.32 Å². The number of nitrogens with one attached hydrogen (secondary N) is 1. The van der Waals surface area contributed by atoms with Crippen molar-refractivity contribution >= 4 is 33.8 Å². The summed E-state index contributed by atoms with van der Waals surface area (Å²) in [6.45, 7) is 4.40. The van der Waals surface area contributed by atoms with Crippen LogP contribution in [-0.2, 0) is 11.2 Å². The van der Waals surface area contributed by atoms with Crippen LogP contribution in [0.2, 0.25) is 5.02 Å². The van der Waals surface area contributed by atoms with Crippen molar-refractivity contribution in [3.8, 4) is 17.2 Å². The Balaban J connectivity index is 1.47. The smallest absolute Gasteiger partial charge is 0.228 e. The Kier molecular flexibility index (Phi) is 5.94. The molecular weight excluding hydrogens is 412 g/mol. The lowest BCUT2D eigenvalue weighted by Gasteiger charge is -2.07. The van der Waals surface area contributed by atoms with Gasteiger partial charge in [0.2, 0.25) is 5.91 Å². The maximum atomic E-state index is 12.7. The van der Waals surface area contributed by atoms with Crippen molar-refractivity contribution in [1.29, 1.82) is 5.26 Å². The predicted octanol–water partition coefficient (Wildman–Crippen LogP) is 6.88. The molecule has 3 nitrogen and oxygen atoms in total. The maximum Gasteiger partial charge on any atom is 0.228 e. The molecule has 1 N–H and O–H groups in total. The number of nitriles is 1. The highest BCUT2D eigenvalue weighted by atomic mass is 35.5. The molecule has 0 bridgehead atoms. The summed E-state index contributed by atoms with van der Waals surface area (Å²) in [6.07, 6.45) is 1.86. The molecule has 2 atom stereocenters. The summed E-state index contributed by atoms with van der Waals surface area (Å²) in [5, 5.41) is 16.0. The molecule has 5 heteroatoms. The second-order valence-electron chi connectivity index (χ2n) is 8.25. The second-order valence-corrected chi connectivity index (χ2v) is 9.57. The first-order valence-corrected chi connectivity index (χ1v) is 11.4. The number of carbonyl (C=O) groups excluding carboxylic acids is 1. The average molecular weight is 435 g/mol. The van der Waals surface area contributed by atoms with E-state index in [9.17, 15) is 10.1 Å². The first-order valence-electron chi connectivity index (χ1n) is 10.1. The quantitative estimate of drug-likeness (QED) is 0.459. The zero-order valence-electron chi connectivity index (χ0n) is 17.0. The van der Waals surface area contributed by atoms with Gasteiger partial charge < -0.3 is 5.32 Å². The lowest BCUT2D eigenvalue weighted by molar-refractivity contribution is -0.117. The summed E-state index contributed by atoms with van der Waals surface area (Å²) >= 11 is 7.36. The van der Waals surface area contributed by atoms with E-state index in [4.69, 9.17) is 11.6 Å². The number of amides is 1. The lowest BCUT2D eigenvalue weighted by atomic mass is 9.99. The molecule has 0 spiro atoms. The van der Waals surface area contributed by atoms with Crippen LogP contribution >= 0.6 is 22.9 Å². The van der Waals surface area contributed by atoms with Gasteiger partial charge in [-0.1, -0.05) is 61.8 Å². The lowest BCUT2D eigenvalue weighted by Crippen LogP contribution is -2.14. The topological polar surface area (TPSA) is 52.9 Å². The Hall–Kier alpha value is -2.61. The Morgan fingerprint density at radius 1 is 1.20 bits per heavy atom. The van der Waals surface area contributed by atoms with Crippen LogP contribution in [0.3, 0.4) is 0 Å². The monoisotopic (exact) mass is 434 g/mol. The molecule has 0 saturated heterocycles. The molecular formula is C25H23ClN2OS. The second kappa shape index (κ2) is 8.63. The SMILES string of the molecule is CC(C)Cc1ccc(-c2csc(NC(=O)C3CC3c3ccc(Cl)cc3)c2C#N)cc1. The molecule has 1 fully saturated rings. The van der Waals surface area contributed by atoms with E-state index in [1.807, 2.05) is 29.6 Å². The fourth-order valence-corrected chi connectivity index (χ4v) is 4.88. The van der Waals surface area contributed by atoms with E-state index in [-0.39, 0.29) is 17.7 Å². The summed E-state index contributed by atoms with van der Waals surface area (Å²) < 4.78 is 0. The first-order chi connectivity index (χ1) is 14.5. The molecule has 30 heavy (non-hydrogen) atoms. The van der Waals surface area contributed by atoms with Crippen LogP contribution in [0.1, 0.15) is 42.9 Å². The van der Waals surface area contributed by atoms with Crippen molar-refractivity contribution in [3.63, 3.8) is 0 Å². The Morgan fingerprint density at radius 2 is 1.90 bits per heavy atom. The molecule has 1 aliphatic carbocycles. The van der Waals surface area contributed by atoms with Gasteiger partial charge in [0.1, 0.15) is 11.1 Å². The molecule has 1 saturated carbocycles. The van der Waals surface area contributed by atoms with Crippen molar-refractivity contribution in [2.75, 3.05) is 5.32 Å². The van der Waals surface area contributed by atoms with E-state index < -0.39 is 0 Å². The Labute approximate surface area is 186 Å². The van der Waals surface area contributed by atoms with Gasteiger partial charge in [0.05, 0.1) is 5.56 Å². The molecule has 1 amide bonds. The van der Waals surface area contributed by atoms with Crippen LogP contribution in [0.25, 0.3) is 11.1 Å². The Morgan fingerprint density at radius 3 is 2.53 bits per heavy atom. The molecule has 1 heterocycles. The van der Waals surface area contributed by atoms with Crippen LogP contribution in [-0.4, -0.2) is 5.91 Å². The number of anilines is 1. The van der Waals surface area contributed by atoms with E-state index >= 15 is 0 Å². The van der Waals surface area contributed by atoms with Gasteiger partial charge in [0.15, 0.2) is 0 Å². The molecule has 0 aliphatic heterocycles. The van der Waals surface area contributed by atoms with Gasteiger partial charge in [-0.2, -0.15) is 5.26 Å². The number of benzene rings is 2. The maximum absolute atomic E-state index is 12.7. The third-order valence-corrected chi connectivity index (χ3v) is 6.62. The van der Waals surface area contributed by atoms with Gasteiger partial charge in [-0.25, -0.2) is 0 Å².